The SMILES string of the molecule is C=C1C[C@@H](C)[C@H](CCCC(O)C2(C)CCC2)[C@H]1C/C=C\CCCCO.CC.CC. The molecule has 1 unspecified atom stereocenters. The van der Waals surface area contributed by atoms with Crippen LogP contribution in [0.5, 0.6) is 0 Å². The first-order valence-corrected chi connectivity index (χ1v) is 12.6. The van der Waals surface area contributed by atoms with Crippen molar-refractivity contribution in [2.24, 2.45) is 23.2 Å². The Bertz CT molecular complexity index is 436. The van der Waals surface area contributed by atoms with Crippen molar-refractivity contribution in [1.29, 1.82) is 0 Å². The standard InChI is InChI=1S/C23H40O2.2C2H6/c1-18-17-19(2)21(20(18)11-7-5-4-6-8-16-24)12-9-13-22(25)23(3)14-10-15-23;2*1-2/h5,7,19-22,24-25H,1,4,6,8-17H2,2-3H3;2*1-2H3/b7-5-;;/t19-,20+,21+,22?;;/m1../s1. The van der Waals surface area contributed by atoms with E-state index >= 15 is 0 Å². The number of aliphatic hydroxyl groups is 2. The summed E-state index contributed by atoms with van der Waals surface area (Å²) in [6.07, 6.45) is 16.9. The summed E-state index contributed by atoms with van der Waals surface area (Å²) in [6, 6.07) is 0. The Balaban J connectivity index is 0.00000184. The zero-order valence-electron chi connectivity index (χ0n) is 20.6. The monoisotopic (exact) mass is 408 g/mol. The fourth-order valence-electron chi connectivity index (χ4n) is 4.94. The quantitative estimate of drug-likeness (QED) is 0.271. The average Bonchev–Trinajstić information content (AvgIpc) is 2.98. The second-order valence-corrected chi connectivity index (χ2v) is 8.99. The molecule has 0 aromatic carbocycles. The minimum absolute atomic E-state index is 0.106. The van der Waals surface area contributed by atoms with Crippen molar-refractivity contribution in [3.63, 3.8) is 0 Å². The van der Waals surface area contributed by atoms with Gasteiger partial charge in [-0.05, 0) is 81.0 Å². The molecule has 2 heteroatoms. The van der Waals surface area contributed by atoms with Gasteiger partial charge in [0.1, 0.15) is 0 Å². The minimum atomic E-state index is -0.106. The Hall–Kier alpha value is -0.600. The lowest BCUT2D eigenvalue weighted by atomic mass is 9.65. The molecule has 2 fully saturated rings. The number of hydrogen-bond donors (Lipinski definition) is 2. The van der Waals surface area contributed by atoms with Crippen LogP contribution in [0.25, 0.3) is 0 Å². The van der Waals surface area contributed by atoms with Crippen molar-refractivity contribution in [2.75, 3.05) is 6.61 Å². The lowest BCUT2D eigenvalue weighted by Crippen LogP contribution is -2.38. The zero-order valence-corrected chi connectivity index (χ0v) is 20.6. The fraction of sp³-hybridized carbons (Fsp3) is 0.852. The summed E-state index contributed by atoms with van der Waals surface area (Å²) in [5, 5.41) is 19.3. The molecule has 2 nitrogen and oxygen atoms in total. The summed E-state index contributed by atoms with van der Waals surface area (Å²) in [7, 11) is 0. The number of aliphatic hydroxyl groups excluding tert-OH is 2. The molecule has 0 aliphatic heterocycles. The van der Waals surface area contributed by atoms with E-state index in [1.807, 2.05) is 27.7 Å². The zero-order chi connectivity index (χ0) is 22.3. The molecule has 0 heterocycles. The molecule has 0 bridgehead atoms. The summed E-state index contributed by atoms with van der Waals surface area (Å²) < 4.78 is 0. The highest BCUT2D eigenvalue weighted by molar-refractivity contribution is 5.13. The number of unbranched alkanes of at least 4 members (excludes halogenated alkanes) is 2. The van der Waals surface area contributed by atoms with Crippen molar-refractivity contribution < 1.29 is 10.2 Å². The van der Waals surface area contributed by atoms with Gasteiger partial charge in [0, 0.05) is 6.61 Å². The third-order valence-corrected chi connectivity index (χ3v) is 7.01. The molecule has 2 aliphatic rings. The van der Waals surface area contributed by atoms with E-state index in [0.29, 0.717) is 12.5 Å². The second-order valence-electron chi connectivity index (χ2n) is 8.99. The molecule has 0 radical (unpaired) electrons. The van der Waals surface area contributed by atoms with E-state index in [0.717, 1.165) is 50.4 Å². The van der Waals surface area contributed by atoms with Gasteiger partial charge in [-0.3, -0.25) is 0 Å². The second kappa shape index (κ2) is 16.1. The van der Waals surface area contributed by atoms with Gasteiger partial charge in [-0.25, -0.2) is 0 Å². The summed E-state index contributed by atoms with van der Waals surface area (Å²) in [4.78, 5) is 0. The summed E-state index contributed by atoms with van der Waals surface area (Å²) in [5.74, 6) is 2.09. The number of hydrogen-bond acceptors (Lipinski definition) is 2. The van der Waals surface area contributed by atoms with Crippen LogP contribution >= 0.6 is 0 Å². The molecule has 0 aromatic heterocycles. The molecule has 0 saturated heterocycles. The van der Waals surface area contributed by atoms with Gasteiger partial charge in [0.15, 0.2) is 0 Å². The van der Waals surface area contributed by atoms with Gasteiger partial charge in [0.25, 0.3) is 0 Å². The Kier molecular flexibility index (Phi) is 15.8. The van der Waals surface area contributed by atoms with Gasteiger partial charge >= 0.3 is 0 Å². The maximum Gasteiger partial charge on any atom is 0.0593 e. The molecule has 2 rings (SSSR count). The molecule has 29 heavy (non-hydrogen) atoms. The topological polar surface area (TPSA) is 40.5 Å². The van der Waals surface area contributed by atoms with E-state index in [4.69, 9.17) is 5.11 Å². The fourth-order valence-corrected chi connectivity index (χ4v) is 4.94. The Labute approximate surface area is 182 Å². The van der Waals surface area contributed by atoms with Crippen molar-refractivity contribution >= 4 is 0 Å². The van der Waals surface area contributed by atoms with Gasteiger partial charge in [-0.15, -0.1) is 0 Å². The first kappa shape index (κ1) is 28.4. The first-order valence-electron chi connectivity index (χ1n) is 12.6. The van der Waals surface area contributed by atoms with Crippen LogP contribution in [-0.4, -0.2) is 22.9 Å². The van der Waals surface area contributed by atoms with Crippen LogP contribution in [0.3, 0.4) is 0 Å². The summed E-state index contributed by atoms with van der Waals surface area (Å²) >= 11 is 0. The van der Waals surface area contributed by atoms with E-state index in [1.165, 1.54) is 37.7 Å². The minimum Gasteiger partial charge on any atom is -0.396 e. The van der Waals surface area contributed by atoms with Crippen molar-refractivity contribution in [3.8, 4) is 0 Å². The predicted molar refractivity (Wildman–Crippen MR) is 129 cm³/mol. The highest BCUT2D eigenvalue weighted by Gasteiger charge is 2.39. The van der Waals surface area contributed by atoms with Crippen LogP contribution in [0.1, 0.15) is 112 Å². The smallest absolute Gasteiger partial charge is 0.0593 e. The molecule has 2 N–H and O–H groups in total. The van der Waals surface area contributed by atoms with Gasteiger partial charge in [-0.2, -0.15) is 0 Å². The first-order chi connectivity index (χ1) is 14.0. The molecular formula is C27H52O2. The van der Waals surface area contributed by atoms with Crippen molar-refractivity contribution in [2.45, 2.75) is 118 Å². The van der Waals surface area contributed by atoms with Crippen molar-refractivity contribution in [3.05, 3.63) is 24.3 Å². The van der Waals surface area contributed by atoms with Gasteiger partial charge < -0.3 is 10.2 Å². The maximum atomic E-state index is 10.5. The number of rotatable bonds is 11. The van der Waals surface area contributed by atoms with Crippen LogP contribution < -0.4 is 0 Å². The Morgan fingerprint density at radius 2 is 1.76 bits per heavy atom. The Morgan fingerprint density at radius 1 is 1.10 bits per heavy atom. The van der Waals surface area contributed by atoms with E-state index in [2.05, 4.69) is 32.6 Å². The number of allylic oxidation sites excluding steroid dienone is 3. The van der Waals surface area contributed by atoms with Gasteiger partial charge in [-0.1, -0.05) is 78.7 Å². The molecule has 0 aromatic rings. The average molecular weight is 409 g/mol. The maximum absolute atomic E-state index is 10.5. The molecule has 4 atom stereocenters. The van der Waals surface area contributed by atoms with Crippen molar-refractivity contribution in [1.82, 2.24) is 0 Å². The highest BCUT2D eigenvalue weighted by atomic mass is 16.3. The van der Waals surface area contributed by atoms with Crippen LogP contribution in [0.4, 0.5) is 0 Å². The highest BCUT2D eigenvalue weighted by Crippen LogP contribution is 2.47. The third-order valence-electron chi connectivity index (χ3n) is 7.01. The normalized spacial score (nSPS) is 26.2. The lowest BCUT2D eigenvalue weighted by Gasteiger charge is -2.42. The third kappa shape index (κ3) is 9.39. The van der Waals surface area contributed by atoms with Crippen LogP contribution in [0, 0.1) is 23.2 Å². The Morgan fingerprint density at radius 3 is 2.31 bits per heavy atom. The molecule has 0 amide bonds. The molecule has 0 spiro atoms. The summed E-state index contributed by atoms with van der Waals surface area (Å²) in [5.41, 5.74) is 1.64. The predicted octanol–water partition coefficient (Wildman–Crippen LogP) is 7.70. The largest absolute Gasteiger partial charge is 0.396 e. The van der Waals surface area contributed by atoms with Gasteiger partial charge in [0.05, 0.1) is 6.10 Å². The molecule has 2 aliphatic carbocycles. The van der Waals surface area contributed by atoms with E-state index in [9.17, 15) is 5.11 Å². The van der Waals surface area contributed by atoms with Crippen LogP contribution in [-0.2, 0) is 0 Å². The van der Waals surface area contributed by atoms with Gasteiger partial charge in [0.2, 0.25) is 0 Å². The molecule has 2 saturated carbocycles. The van der Waals surface area contributed by atoms with E-state index in [1.54, 1.807) is 0 Å². The molecule has 172 valence electrons. The van der Waals surface area contributed by atoms with Crippen LogP contribution in [0.15, 0.2) is 24.3 Å². The molecular weight excluding hydrogens is 356 g/mol. The summed E-state index contributed by atoms with van der Waals surface area (Å²) in [6.45, 7) is 17.3. The van der Waals surface area contributed by atoms with E-state index < -0.39 is 0 Å². The van der Waals surface area contributed by atoms with Crippen LogP contribution in [0.2, 0.25) is 0 Å². The van der Waals surface area contributed by atoms with E-state index in [-0.39, 0.29) is 11.5 Å². The lowest BCUT2D eigenvalue weighted by molar-refractivity contribution is -0.0268.